The maximum absolute atomic E-state index is 14.8. The zero-order valence-electron chi connectivity index (χ0n) is 45.5. The van der Waals surface area contributed by atoms with E-state index < -0.39 is 65.6 Å². The molecule has 2 N–H and O–H groups in total. The van der Waals surface area contributed by atoms with Gasteiger partial charge in [-0.15, -0.1) is 0 Å². The lowest BCUT2D eigenvalue weighted by Crippen LogP contribution is -2.56. The highest BCUT2D eigenvalue weighted by Crippen LogP contribution is 2.45. The minimum absolute atomic E-state index is 0.0215. The Morgan fingerprint density at radius 2 is 1.40 bits per heavy atom. The maximum atomic E-state index is 14.8. The molecule has 3 aromatic rings. The molecule has 0 spiro atoms. The van der Waals surface area contributed by atoms with Gasteiger partial charge in [0.25, 0.3) is 0 Å². The molecule has 0 aromatic heterocycles. The van der Waals surface area contributed by atoms with E-state index in [0.29, 0.717) is 25.8 Å². The number of nitrogens with zero attached hydrogens (tertiary/aromatic N) is 3. The molecule has 5 rings (SSSR count). The molecule has 1 aliphatic heterocycles. The smallest absolute Gasteiger partial charge is 0.410 e. The number of methoxy groups -OCH3 is 2. The summed E-state index contributed by atoms with van der Waals surface area (Å²) in [6.07, 6.45) is -0.889. The molecule has 72 heavy (non-hydrogen) atoms. The number of hydrogen-bond donors (Lipinski definition) is 2. The molecule has 14 nitrogen and oxygen atoms in total. The Morgan fingerprint density at radius 3 is 1.94 bits per heavy atom. The van der Waals surface area contributed by atoms with Crippen molar-refractivity contribution in [2.45, 2.75) is 161 Å². The number of aliphatic hydroxyl groups is 1. The number of aliphatic hydroxyl groups excluding tert-OH is 1. The topological polar surface area (TPSA) is 164 Å². The van der Waals surface area contributed by atoms with E-state index in [1.54, 1.807) is 72.7 Å². The van der Waals surface area contributed by atoms with Crippen molar-refractivity contribution >= 4 is 29.7 Å². The third-order valence-corrected chi connectivity index (χ3v) is 15.4. The van der Waals surface area contributed by atoms with E-state index in [1.165, 1.54) is 4.90 Å². The summed E-state index contributed by atoms with van der Waals surface area (Å²) in [5.41, 5.74) is 3.27. The van der Waals surface area contributed by atoms with Gasteiger partial charge in [0, 0.05) is 59.0 Å². The number of ketones is 1. The highest BCUT2D eigenvalue weighted by Gasteiger charge is 2.45. The third kappa shape index (κ3) is 13.7. The summed E-state index contributed by atoms with van der Waals surface area (Å²) in [5.74, 6) is -2.93. The van der Waals surface area contributed by atoms with Crippen molar-refractivity contribution in [3.05, 3.63) is 95.6 Å². The number of ether oxygens (including phenoxy) is 4. The molecule has 9 atom stereocenters. The lowest BCUT2D eigenvalue weighted by Gasteiger charge is -2.41. The summed E-state index contributed by atoms with van der Waals surface area (Å²) in [6, 6.07) is 24.0. The second-order valence-corrected chi connectivity index (χ2v) is 21.9. The fourth-order valence-corrected chi connectivity index (χ4v) is 10.6. The SMILES string of the molecule is CC[C@H](C)[C@@H]([C@@H](CC(=O)N1CCC[C@H]1[C@H](OC)[C@@H](C)C(O)N[C@@H](Cc1ccccc1)C(=O)OC(C)(C)C)OC)N(C)C(=O)[C@@H](CC(=O)C(C)(C)N(C)C(=O)OCC1c2ccccc2-c2ccccc21)C(C)C. The average Bonchev–Trinajstić information content (AvgIpc) is 3.96. The molecule has 0 radical (unpaired) electrons. The molecule has 396 valence electrons. The van der Waals surface area contributed by atoms with Crippen LogP contribution in [0.1, 0.15) is 124 Å². The van der Waals surface area contributed by atoms with E-state index in [4.69, 9.17) is 18.9 Å². The van der Waals surface area contributed by atoms with Gasteiger partial charge in [-0.2, -0.15) is 0 Å². The monoisotopic (exact) mass is 997 g/mol. The number of benzene rings is 3. The lowest BCUT2D eigenvalue weighted by atomic mass is 9.82. The van der Waals surface area contributed by atoms with E-state index in [1.807, 2.05) is 89.2 Å². The van der Waals surface area contributed by atoms with E-state index in [-0.39, 0.29) is 60.8 Å². The van der Waals surface area contributed by atoms with Gasteiger partial charge in [-0.05, 0) is 93.5 Å². The molecule has 2 aliphatic rings. The largest absolute Gasteiger partial charge is 0.459 e. The Morgan fingerprint density at radius 1 is 0.819 bits per heavy atom. The van der Waals surface area contributed by atoms with Gasteiger partial charge >= 0.3 is 12.1 Å². The molecule has 1 fully saturated rings. The number of carbonyl (C=O) groups is 5. The number of rotatable bonds is 24. The highest BCUT2D eigenvalue weighted by atomic mass is 16.6. The van der Waals surface area contributed by atoms with E-state index >= 15 is 0 Å². The Hall–Kier alpha value is -5.15. The number of fused-ring (bicyclic) bond motifs is 3. The van der Waals surface area contributed by atoms with Crippen LogP contribution in [0.5, 0.6) is 0 Å². The predicted molar refractivity (Wildman–Crippen MR) is 280 cm³/mol. The standard InChI is InChI=1S/C58H84N4O10/c1-15-37(4)51(48(69-13)34-50(64)62-31-23-30-47(62)52(70-14)38(5)53(65)59-46(55(67)72-57(6,7)8)32-39-24-17-16-18-25-39)60(11)54(66)44(36(2)3)33-49(63)58(9,10)61(12)56(68)71-35-45-42-28-21-19-26-40(42)41-27-20-22-29-43(41)45/h16-22,24-29,36-38,44-48,51-53,59,65H,15,23,30-35H2,1-14H3/t37-,38+,44-,46-,47-,48+,51-,52+,53?/m0/s1. The van der Waals surface area contributed by atoms with E-state index in [9.17, 15) is 29.1 Å². The Labute approximate surface area is 429 Å². The quantitative estimate of drug-likeness (QED) is 0.0652. The molecule has 1 unspecified atom stereocenters. The normalized spacial score (nSPS) is 18.2. The van der Waals surface area contributed by atoms with Gasteiger partial charge < -0.3 is 33.9 Å². The summed E-state index contributed by atoms with van der Waals surface area (Å²) in [6.45, 7) is 19.1. The molecule has 0 saturated carbocycles. The van der Waals surface area contributed by atoms with Crippen LogP contribution >= 0.6 is 0 Å². The van der Waals surface area contributed by atoms with Crippen LogP contribution < -0.4 is 5.32 Å². The zero-order chi connectivity index (χ0) is 53.2. The number of nitrogens with one attached hydrogen (secondary N) is 1. The summed E-state index contributed by atoms with van der Waals surface area (Å²) < 4.78 is 23.9. The molecule has 3 aromatic carbocycles. The zero-order valence-corrected chi connectivity index (χ0v) is 45.5. The van der Waals surface area contributed by atoms with Gasteiger partial charge in [0.05, 0.1) is 36.3 Å². The second kappa shape index (κ2) is 25.2. The Kier molecular flexibility index (Phi) is 20.2. The van der Waals surface area contributed by atoms with Gasteiger partial charge in [-0.1, -0.05) is 120 Å². The van der Waals surface area contributed by atoms with Gasteiger partial charge in [0.2, 0.25) is 11.8 Å². The number of carbonyl (C=O) groups excluding carboxylic acids is 5. The third-order valence-electron chi connectivity index (χ3n) is 15.4. The summed E-state index contributed by atoms with van der Waals surface area (Å²) in [7, 11) is 6.40. The van der Waals surface area contributed by atoms with Crippen LogP contribution in [-0.2, 0) is 44.5 Å². The number of likely N-dealkylation sites (tertiary alicyclic amines) is 1. The second-order valence-electron chi connectivity index (χ2n) is 21.9. The van der Waals surface area contributed by atoms with Gasteiger partial charge in [-0.25, -0.2) is 4.79 Å². The summed E-state index contributed by atoms with van der Waals surface area (Å²) in [5, 5.41) is 14.8. The van der Waals surface area contributed by atoms with Crippen molar-refractivity contribution in [1.82, 2.24) is 20.0 Å². The summed E-state index contributed by atoms with van der Waals surface area (Å²) in [4.78, 5) is 75.7. The van der Waals surface area contributed by atoms with Crippen LogP contribution in [0.3, 0.4) is 0 Å². The number of esters is 1. The first-order valence-electron chi connectivity index (χ1n) is 25.9. The molecule has 14 heteroatoms. The molecular formula is C58H84N4O10. The molecule has 3 amide bonds. The summed E-state index contributed by atoms with van der Waals surface area (Å²) >= 11 is 0. The van der Waals surface area contributed by atoms with Crippen LogP contribution in [0.4, 0.5) is 4.79 Å². The van der Waals surface area contributed by atoms with Gasteiger partial charge in [0.1, 0.15) is 24.5 Å². The van der Waals surface area contributed by atoms with Crippen LogP contribution in [0.25, 0.3) is 11.1 Å². The molecule has 1 aliphatic carbocycles. The highest BCUT2D eigenvalue weighted by molar-refractivity contribution is 5.94. The first-order chi connectivity index (χ1) is 34.0. The fraction of sp³-hybridized carbons (Fsp3) is 0.603. The van der Waals surface area contributed by atoms with Gasteiger partial charge in [-0.3, -0.25) is 29.4 Å². The van der Waals surface area contributed by atoms with Crippen molar-refractivity contribution in [3.63, 3.8) is 0 Å². The van der Waals surface area contributed by atoms with E-state index in [2.05, 4.69) is 29.6 Å². The van der Waals surface area contributed by atoms with Crippen molar-refractivity contribution in [1.29, 1.82) is 0 Å². The number of amides is 3. The Balaban J connectivity index is 1.25. The number of Topliss-reactive ketones (excluding diaryl/α,β-unsaturated/α-hetero) is 1. The lowest BCUT2D eigenvalue weighted by molar-refractivity contribution is -0.159. The van der Waals surface area contributed by atoms with E-state index in [0.717, 1.165) is 34.2 Å². The predicted octanol–water partition coefficient (Wildman–Crippen LogP) is 8.66. The molecule has 0 bridgehead atoms. The van der Waals surface area contributed by atoms with Crippen molar-refractivity contribution in [3.8, 4) is 11.1 Å². The average molecular weight is 997 g/mol. The maximum Gasteiger partial charge on any atom is 0.410 e. The van der Waals surface area contributed by atoms with Crippen molar-refractivity contribution in [2.75, 3.05) is 41.5 Å². The minimum Gasteiger partial charge on any atom is -0.459 e. The molecule has 1 saturated heterocycles. The van der Waals surface area contributed by atoms with Crippen LogP contribution in [-0.4, -0.2) is 139 Å². The van der Waals surface area contributed by atoms with Crippen molar-refractivity contribution < 1.29 is 48.0 Å². The van der Waals surface area contributed by atoms with Crippen LogP contribution in [0.15, 0.2) is 78.9 Å². The number of likely N-dealkylation sites (N-methyl/N-ethyl adjacent to an activating group) is 2. The van der Waals surface area contributed by atoms with Crippen LogP contribution in [0, 0.1) is 23.7 Å². The number of hydrogen-bond acceptors (Lipinski definition) is 11. The Bertz CT molecular complexity index is 2250. The van der Waals surface area contributed by atoms with Crippen LogP contribution in [0.2, 0.25) is 0 Å². The molecule has 1 heterocycles. The fourth-order valence-electron chi connectivity index (χ4n) is 10.6. The van der Waals surface area contributed by atoms with Gasteiger partial charge in [0.15, 0.2) is 5.78 Å². The first kappa shape index (κ1) is 57.7. The molecular weight excluding hydrogens is 913 g/mol. The first-order valence-corrected chi connectivity index (χ1v) is 25.9. The van der Waals surface area contributed by atoms with Crippen molar-refractivity contribution in [2.24, 2.45) is 23.7 Å². The minimum atomic E-state index is -1.30.